The van der Waals surface area contributed by atoms with Crippen LogP contribution in [-0.4, -0.2) is 57.5 Å². The Labute approximate surface area is 406 Å². The SMILES string of the molecule is CCC(=O)CCCCC[C@H](NC(=O)Cn1c(C)nc2ccccc21)c1ncc(-c2ccccc2)o1.CCC(=O)CCCCC[C@H](NC(=O)c1cn2nc(Cl)ccc2n1)c1ncc(-c2ccccc2)o1. The highest BCUT2D eigenvalue weighted by molar-refractivity contribution is 6.29. The van der Waals surface area contributed by atoms with Gasteiger partial charge in [-0.2, -0.15) is 5.10 Å². The number of unbranched alkanes of at least 4 members (excludes halogenated alkanes) is 4. The Bertz CT molecular complexity index is 2940. The van der Waals surface area contributed by atoms with Crippen LogP contribution in [0.25, 0.3) is 39.3 Å². The number of carbonyl (C=O) groups is 4. The molecule has 69 heavy (non-hydrogen) atoms. The predicted octanol–water partition coefficient (Wildman–Crippen LogP) is 11.2. The zero-order valence-corrected chi connectivity index (χ0v) is 40.0. The first-order chi connectivity index (χ1) is 33.6. The number of halogens is 1. The minimum atomic E-state index is -0.437. The Hall–Kier alpha value is -7.26. The summed E-state index contributed by atoms with van der Waals surface area (Å²) in [5.74, 6) is 3.11. The summed E-state index contributed by atoms with van der Waals surface area (Å²) >= 11 is 5.93. The number of Topliss-reactive ketones (excluding diaryl/α,β-unsaturated/α-hetero) is 2. The summed E-state index contributed by atoms with van der Waals surface area (Å²) in [6.45, 7) is 5.85. The molecule has 0 radical (unpaired) electrons. The summed E-state index contributed by atoms with van der Waals surface area (Å²) in [6, 6.07) is 29.8. The Kier molecular flexibility index (Phi) is 17.7. The van der Waals surface area contributed by atoms with Gasteiger partial charge in [0.05, 0.1) is 29.6 Å². The highest BCUT2D eigenvalue weighted by Crippen LogP contribution is 2.28. The number of rotatable bonds is 23. The van der Waals surface area contributed by atoms with Crippen molar-refractivity contribution in [2.45, 2.75) is 116 Å². The molecule has 5 heterocycles. The molecule has 3 aromatic carbocycles. The molecule has 0 bridgehead atoms. The topological polar surface area (TPSA) is 192 Å². The first-order valence-electron chi connectivity index (χ1n) is 23.7. The smallest absolute Gasteiger partial charge is 0.272 e. The lowest BCUT2D eigenvalue weighted by Crippen LogP contribution is -2.32. The second kappa shape index (κ2) is 24.7. The van der Waals surface area contributed by atoms with Crippen LogP contribution in [-0.2, 0) is 20.9 Å². The molecule has 0 spiro atoms. The molecule has 16 heteroatoms. The molecule has 0 saturated heterocycles. The van der Waals surface area contributed by atoms with Gasteiger partial charge in [0.1, 0.15) is 46.9 Å². The van der Waals surface area contributed by atoms with Gasteiger partial charge in [0, 0.05) is 36.8 Å². The number of ketones is 2. The van der Waals surface area contributed by atoms with E-state index in [1.54, 1.807) is 24.5 Å². The van der Waals surface area contributed by atoms with E-state index in [9.17, 15) is 19.2 Å². The van der Waals surface area contributed by atoms with E-state index in [0.29, 0.717) is 72.6 Å². The number of aryl methyl sites for hydroxylation is 1. The molecule has 0 fully saturated rings. The normalized spacial score (nSPS) is 12.1. The van der Waals surface area contributed by atoms with Crippen molar-refractivity contribution in [1.82, 2.24) is 44.8 Å². The van der Waals surface area contributed by atoms with Crippen LogP contribution in [0, 0.1) is 6.92 Å². The van der Waals surface area contributed by atoms with Gasteiger partial charge in [-0.25, -0.2) is 24.5 Å². The number of para-hydroxylation sites is 2. The van der Waals surface area contributed by atoms with E-state index >= 15 is 0 Å². The molecule has 2 N–H and O–H groups in total. The fourth-order valence-electron chi connectivity index (χ4n) is 7.91. The van der Waals surface area contributed by atoms with Crippen LogP contribution in [0.4, 0.5) is 0 Å². The highest BCUT2D eigenvalue weighted by atomic mass is 35.5. The molecular weight excluding hydrogens is 894 g/mol. The van der Waals surface area contributed by atoms with Crippen molar-refractivity contribution in [1.29, 1.82) is 0 Å². The molecule has 358 valence electrons. The molecule has 0 aliphatic rings. The Morgan fingerprint density at radius 3 is 1.78 bits per heavy atom. The molecule has 0 aliphatic carbocycles. The minimum absolute atomic E-state index is 0.123. The van der Waals surface area contributed by atoms with Gasteiger partial charge in [-0.05, 0) is 56.9 Å². The lowest BCUT2D eigenvalue weighted by atomic mass is 10.0. The number of nitrogens with zero attached hydrogens (tertiary/aromatic N) is 7. The minimum Gasteiger partial charge on any atom is -0.438 e. The average molecular weight is 953 g/mol. The molecule has 5 aromatic heterocycles. The first kappa shape index (κ1) is 49.6. The maximum Gasteiger partial charge on any atom is 0.272 e. The predicted molar refractivity (Wildman–Crippen MR) is 264 cm³/mol. The number of amides is 2. The second-order valence-corrected chi connectivity index (χ2v) is 17.2. The van der Waals surface area contributed by atoms with Gasteiger partial charge < -0.3 is 24.0 Å². The Morgan fingerprint density at radius 1 is 0.652 bits per heavy atom. The fourth-order valence-corrected chi connectivity index (χ4v) is 8.06. The van der Waals surface area contributed by atoms with Crippen LogP contribution < -0.4 is 10.6 Å². The summed E-state index contributed by atoms with van der Waals surface area (Å²) in [6.07, 6.45) is 13.7. The van der Waals surface area contributed by atoms with Crippen molar-refractivity contribution in [3.63, 3.8) is 0 Å². The number of aromatic nitrogens is 7. The third kappa shape index (κ3) is 13.9. The van der Waals surface area contributed by atoms with Gasteiger partial charge in [0.15, 0.2) is 17.2 Å². The van der Waals surface area contributed by atoms with Crippen LogP contribution in [0.15, 0.2) is 124 Å². The standard InChI is InChI=1S/C28H32N4O3.C25H26ClN5O3/c1-3-22(33)14-8-5-9-16-24(28-29-18-26(35-28)21-12-6-4-7-13-21)31-27(34)19-32-20(2)30-23-15-10-11-17-25(23)32;1-2-18(32)11-7-4-8-12-19(25-27-15-21(34-25)17-9-5-3-6-10-17)29-24(33)20-16-31-23(28-20)14-13-22(26)30-31/h4,6-7,10-13,15,17-18,24H,3,5,8-9,14,16,19H2,1-2H3,(H,31,34);3,5-6,9-10,13-16,19H,2,4,7-8,11-12H2,1H3,(H,29,33)/t24-;19-/m00/s1. The van der Waals surface area contributed by atoms with Gasteiger partial charge >= 0.3 is 0 Å². The molecular formula is C53H58ClN9O6. The van der Waals surface area contributed by atoms with Gasteiger partial charge in [-0.1, -0.05) is 124 Å². The molecule has 0 aliphatic heterocycles. The Morgan fingerprint density at radius 2 is 1.20 bits per heavy atom. The summed E-state index contributed by atoms with van der Waals surface area (Å²) in [5, 5.41) is 10.6. The van der Waals surface area contributed by atoms with Gasteiger partial charge in [-0.3, -0.25) is 19.2 Å². The summed E-state index contributed by atoms with van der Waals surface area (Å²) in [4.78, 5) is 67.1. The lowest BCUT2D eigenvalue weighted by Gasteiger charge is -2.17. The maximum atomic E-state index is 13.1. The van der Waals surface area contributed by atoms with E-state index in [4.69, 9.17) is 20.4 Å². The van der Waals surface area contributed by atoms with Gasteiger partial charge in [0.25, 0.3) is 5.91 Å². The molecule has 2 amide bonds. The van der Waals surface area contributed by atoms with E-state index < -0.39 is 6.04 Å². The number of carbonyl (C=O) groups excluding carboxylic acids is 4. The summed E-state index contributed by atoms with van der Waals surface area (Å²) < 4.78 is 15.5. The number of hydrogen-bond donors (Lipinski definition) is 2. The van der Waals surface area contributed by atoms with Crippen molar-refractivity contribution in [3.8, 4) is 22.6 Å². The third-order valence-electron chi connectivity index (χ3n) is 11.8. The summed E-state index contributed by atoms with van der Waals surface area (Å²) in [5.41, 5.74) is 4.40. The van der Waals surface area contributed by atoms with Crippen molar-refractivity contribution >= 4 is 51.7 Å². The number of imidazole rings is 2. The van der Waals surface area contributed by atoms with Gasteiger partial charge in [0.2, 0.25) is 17.7 Å². The summed E-state index contributed by atoms with van der Waals surface area (Å²) in [7, 11) is 0. The van der Waals surface area contributed by atoms with Crippen LogP contribution in [0.1, 0.15) is 131 Å². The van der Waals surface area contributed by atoms with E-state index in [0.717, 1.165) is 66.5 Å². The number of hydrogen-bond acceptors (Lipinski definition) is 11. The number of fused-ring (bicyclic) bond motifs is 2. The number of nitrogens with one attached hydrogen (secondary N) is 2. The zero-order chi connectivity index (χ0) is 48.5. The zero-order valence-electron chi connectivity index (χ0n) is 39.3. The molecule has 0 saturated carbocycles. The van der Waals surface area contributed by atoms with E-state index in [1.807, 2.05) is 110 Å². The quantitative estimate of drug-likeness (QED) is 0.0580. The van der Waals surface area contributed by atoms with Crippen LogP contribution in [0.5, 0.6) is 0 Å². The van der Waals surface area contributed by atoms with Gasteiger partial charge in [-0.15, -0.1) is 0 Å². The van der Waals surface area contributed by atoms with Crippen molar-refractivity contribution < 1.29 is 28.0 Å². The van der Waals surface area contributed by atoms with Crippen LogP contribution in [0.3, 0.4) is 0 Å². The third-order valence-corrected chi connectivity index (χ3v) is 12.0. The van der Waals surface area contributed by atoms with Crippen LogP contribution in [0.2, 0.25) is 5.15 Å². The van der Waals surface area contributed by atoms with E-state index in [-0.39, 0.29) is 41.7 Å². The molecule has 2 atom stereocenters. The molecule has 8 rings (SSSR count). The van der Waals surface area contributed by atoms with Crippen molar-refractivity contribution in [2.24, 2.45) is 0 Å². The van der Waals surface area contributed by atoms with Crippen molar-refractivity contribution in [3.05, 3.63) is 144 Å². The average Bonchev–Trinajstić information content (AvgIpc) is 4.21. The number of benzene rings is 3. The number of oxazole rings is 2. The lowest BCUT2D eigenvalue weighted by molar-refractivity contribution is -0.122. The first-order valence-corrected chi connectivity index (χ1v) is 24.1. The Balaban J connectivity index is 0.000000204. The van der Waals surface area contributed by atoms with E-state index in [1.165, 1.54) is 10.7 Å². The van der Waals surface area contributed by atoms with Crippen molar-refractivity contribution in [2.75, 3.05) is 0 Å². The second-order valence-electron chi connectivity index (χ2n) is 16.8. The van der Waals surface area contributed by atoms with Crippen LogP contribution >= 0.6 is 11.6 Å². The maximum absolute atomic E-state index is 13.1. The molecule has 0 unspecified atom stereocenters. The highest BCUT2D eigenvalue weighted by Gasteiger charge is 2.24. The monoisotopic (exact) mass is 951 g/mol. The van der Waals surface area contributed by atoms with E-state index in [2.05, 4.69) is 35.7 Å². The molecule has 8 aromatic rings. The largest absolute Gasteiger partial charge is 0.438 e. The molecule has 15 nitrogen and oxygen atoms in total. The fraction of sp³-hybridized carbons (Fsp3) is 0.340.